The summed E-state index contributed by atoms with van der Waals surface area (Å²) in [6, 6.07) is 22.4. The zero-order valence-electron chi connectivity index (χ0n) is 16.9. The zero-order chi connectivity index (χ0) is 22.1. The monoisotopic (exact) mass is 415 g/mol. The number of benzene rings is 3. The summed E-state index contributed by atoms with van der Waals surface area (Å²) in [4.78, 5) is 35.7. The number of carbonyl (C=O) groups excluding carboxylic acids is 3. The van der Waals surface area contributed by atoms with Gasteiger partial charge in [0.05, 0.1) is 12.7 Å². The van der Waals surface area contributed by atoms with Crippen LogP contribution in [0.3, 0.4) is 0 Å². The number of carbonyl (C=O) groups is 3. The molecule has 3 aromatic rings. The summed E-state index contributed by atoms with van der Waals surface area (Å²) in [5.74, 6) is -0.369. The Morgan fingerprint density at radius 2 is 1.48 bits per heavy atom. The summed E-state index contributed by atoms with van der Waals surface area (Å²) in [5, 5.41) is 2.73. The maximum absolute atomic E-state index is 12.4. The van der Waals surface area contributed by atoms with Gasteiger partial charge >= 0.3 is 5.97 Å². The van der Waals surface area contributed by atoms with Crippen LogP contribution in [-0.4, -0.2) is 31.4 Å². The van der Waals surface area contributed by atoms with Crippen LogP contribution in [0.25, 0.3) is 6.08 Å². The van der Waals surface area contributed by atoms with Crippen LogP contribution in [0.15, 0.2) is 84.9 Å². The molecule has 156 valence electrons. The van der Waals surface area contributed by atoms with Crippen LogP contribution in [0, 0.1) is 0 Å². The van der Waals surface area contributed by atoms with E-state index in [-0.39, 0.29) is 18.3 Å². The SMILES string of the molecule is COC(=O)c1ccc(/C=C/C(=O)c2ccc(OCC(=O)Nc3ccccc3)cc2)cc1. The quantitative estimate of drug-likeness (QED) is 0.335. The summed E-state index contributed by atoms with van der Waals surface area (Å²) in [6.45, 7) is -0.135. The molecule has 0 heterocycles. The molecule has 0 radical (unpaired) electrons. The second kappa shape index (κ2) is 10.5. The van der Waals surface area contributed by atoms with Crippen molar-refractivity contribution in [3.05, 3.63) is 102 Å². The summed E-state index contributed by atoms with van der Waals surface area (Å²) < 4.78 is 10.1. The first-order chi connectivity index (χ1) is 15.0. The lowest BCUT2D eigenvalue weighted by molar-refractivity contribution is -0.118. The Balaban J connectivity index is 1.52. The summed E-state index contributed by atoms with van der Waals surface area (Å²) in [7, 11) is 1.32. The molecule has 0 aliphatic heterocycles. The van der Waals surface area contributed by atoms with E-state index in [1.165, 1.54) is 13.2 Å². The van der Waals surface area contributed by atoms with Gasteiger partial charge in [-0.1, -0.05) is 36.4 Å². The fraction of sp³-hybridized carbons (Fsp3) is 0.0800. The number of hydrogen-bond acceptors (Lipinski definition) is 5. The Bertz CT molecular complexity index is 1070. The van der Waals surface area contributed by atoms with Crippen LogP contribution < -0.4 is 10.1 Å². The first kappa shape index (κ1) is 21.5. The van der Waals surface area contributed by atoms with E-state index < -0.39 is 5.97 Å². The molecule has 3 rings (SSSR count). The number of amides is 1. The Labute approximate surface area is 180 Å². The number of hydrogen-bond donors (Lipinski definition) is 1. The van der Waals surface area contributed by atoms with Crippen molar-refractivity contribution in [2.75, 3.05) is 19.0 Å². The highest BCUT2D eigenvalue weighted by atomic mass is 16.5. The van der Waals surface area contributed by atoms with Gasteiger partial charge in [-0.3, -0.25) is 9.59 Å². The minimum Gasteiger partial charge on any atom is -0.484 e. The number of para-hydroxylation sites is 1. The standard InChI is InChI=1S/C25H21NO5/c1-30-25(29)20-10-7-18(8-11-20)9-16-23(27)19-12-14-22(15-13-19)31-17-24(28)26-21-5-3-2-4-6-21/h2-16H,17H2,1H3,(H,26,28)/b16-9+. The third-order valence-corrected chi connectivity index (χ3v) is 4.33. The number of esters is 1. The van der Waals surface area contributed by atoms with Crippen LogP contribution >= 0.6 is 0 Å². The number of methoxy groups -OCH3 is 1. The van der Waals surface area contributed by atoms with Crippen molar-refractivity contribution in [1.29, 1.82) is 0 Å². The van der Waals surface area contributed by atoms with E-state index in [0.29, 0.717) is 22.6 Å². The van der Waals surface area contributed by atoms with Gasteiger partial charge in [-0.25, -0.2) is 4.79 Å². The maximum atomic E-state index is 12.4. The second-order valence-corrected chi connectivity index (χ2v) is 6.54. The molecule has 31 heavy (non-hydrogen) atoms. The number of ether oxygens (including phenoxy) is 2. The molecule has 0 fully saturated rings. The molecule has 6 heteroatoms. The van der Waals surface area contributed by atoms with Crippen LogP contribution in [0.5, 0.6) is 5.75 Å². The third-order valence-electron chi connectivity index (χ3n) is 4.33. The lowest BCUT2D eigenvalue weighted by Gasteiger charge is -2.07. The van der Waals surface area contributed by atoms with Gasteiger partial charge in [0, 0.05) is 11.3 Å². The molecule has 0 aliphatic rings. The van der Waals surface area contributed by atoms with E-state index in [1.54, 1.807) is 66.7 Å². The molecular formula is C25H21NO5. The minimum atomic E-state index is -0.411. The molecule has 0 unspecified atom stereocenters. The molecule has 0 saturated carbocycles. The Kier molecular flexibility index (Phi) is 7.32. The Hall–Kier alpha value is -4.19. The van der Waals surface area contributed by atoms with E-state index in [0.717, 1.165) is 5.56 Å². The molecule has 1 N–H and O–H groups in total. The van der Waals surface area contributed by atoms with Crippen LogP contribution in [0.4, 0.5) is 5.69 Å². The van der Waals surface area contributed by atoms with Gasteiger partial charge in [-0.15, -0.1) is 0 Å². The molecule has 0 saturated heterocycles. The van der Waals surface area contributed by atoms with Gasteiger partial charge in [-0.05, 0) is 60.2 Å². The summed E-state index contributed by atoms with van der Waals surface area (Å²) in [6.07, 6.45) is 3.12. The number of anilines is 1. The average molecular weight is 415 g/mol. The van der Waals surface area contributed by atoms with E-state index in [1.807, 2.05) is 18.2 Å². The molecule has 6 nitrogen and oxygen atoms in total. The van der Waals surface area contributed by atoms with Crippen LogP contribution in [0.1, 0.15) is 26.3 Å². The van der Waals surface area contributed by atoms with Crippen molar-refractivity contribution < 1.29 is 23.9 Å². The van der Waals surface area contributed by atoms with Crippen molar-refractivity contribution in [3.8, 4) is 5.75 Å². The van der Waals surface area contributed by atoms with Gasteiger partial charge in [-0.2, -0.15) is 0 Å². The van der Waals surface area contributed by atoms with Gasteiger partial charge in [0.25, 0.3) is 5.91 Å². The topological polar surface area (TPSA) is 81.7 Å². The highest BCUT2D eigenvalue weighted by molar-refractivity contribution is 6.06. The predicted molar refractivity (Wildman–Crippen MR) is 118 cm³/mol. The van der Waals surface area contributed by atoms with Gasteiger partial charge < -0.3 is 14.8 Å². The summed E-state index contributed by atoms with van der Waals surface area (Å²) >= 11 is 0. The van der Waals surface area contributed by atoms with Crippen molar-refractivity contribution in [2.24, 2.45) is 0 Å². The highest BCUT2D eigenvalue weighted by Gasteiger charge is 2.06. The normalized spacial score (nSPS) is 10.5. The van der Waals surface area contributed by atoms with Gasteiger partial charge in [0.1, 0.15) is 5.75 Å². The van der Waals surface area contributed by atoms with E-state index in [2.05, 4.69) is 10.1 Å². The molecule has 0 bridgehead atoms. The highest BCUT2D eigenvalue weighted by Crippen LogP contribution is 2.14. The van der Waals surface area contributed by atoms with Crippen LogP contribution in [0.2, 0.25) is 0 Å². The zero-order valence-corrected chi connectivity index (χ0v) is 16.9. The molecule has 0 aliphatic carbocycles. The lowest BCUT2D eigenvalue weighted by Crippen LogP contribution is -2.20. The number of ketones is 1. The predicted octanol–water partition coefficient (Wildman–Crippen LogP) is 4.39. The number of allylic oxidation sites excluding steroid dienone is 1. The average Bonchev–Trinajstić information content (AvgIpc) is 2.82. The molecule has 0 spiro atoms. The molecule has 1 amide bonds. The van der Waals surface area contributed by atoms with Crippen molar-refractivity contribution in [2.45, 2.75) is 0 Å². The van der Waals surface area contributed by atoms with Crippen molar-refractivity contribution in [3.63, 3.8) is 0 Å². The van der Waals surface area contributed by atoms with Gasteiger partial charge in [0.2, 0.25) is 0 Å². The van der Waals surface area contributed by atoms with Gasteiger partial charge in [0.15, 0.2) is 12.4 Å². The fourth-order valence-corrected chi connectivity index (χ4v) is 2.70. The Morgan fingerprint density at radius 1 is 0.839 bits per heavy atom. The molecule has 3 aromatic carbocycles. The first-order valence-electron chi connectivity index (χ1n) is 9.54. The summed E-state index contributed by atoms with van der Waals surface area (Å²) in [5.41, 5.74) is 2.41. The minimum absolute atomic E-state index is 0.135. The van der Waals surface area contributed by atoms with E-state index in [9.17, 15) is 14.4 Å². The molecular weight excluding hydrogens is 394 g/mol. The fourth-order valence-electron chi connectivity index (χ4n) is 2.70. The molecule has 0 aromatic heterocycles. The van der Waals surface area contributed by atoms with Crippen molar-refractivity contribution >= 4 is 29.4 Å². The lowest BCUT2D eigenvalue weighted by atomic mass is 10.1. The van der Waals surface area contributed by atoms with Crippen LogP contribution in [-0.2, 0) is 9.53 Å². The third kappa shape index (κ3) is 6.40. The van der Waals surface area contributed by atoms with E-state index >= 15 is 0 Å². The number of rotatable bonds is 8. The number of nitrogens with one attached hydrogen (secondary N) is 1. The van der Waals surface area contributed by atoms with Crippen molar-refractivity contribution in [1.82, 2.24) is 0 Å². The maximum Gasteiger partial charge on any atom is 0.337 e. The smallest absolute Gasteiger partial charge is 0.337 e. The van der Waals surface area contributed by atoms with E-state index in [4.69, 9.17) is 4.74 Å². The molecule has 0 atom stereocenters. The first-order valence-corrected chi connectivity index (χ1v) is 9.54. The Morgan fingerprint density at radius 3 is 2.13 bits per heavy atom. The largest absolute Gasteiger partial charge is 0.484 e. The second-order valence-electron chi connectivity index (χ2n) is 6.54.